The average molecular weight is 302 g/mol. The molecule has 1 fully saturated rings. The van der Waals surface area contributed by atoms with Crippen molar-refractivity contribution in [2.45, 2.75) is 18.7 Å². The van der Waals surface area contributed by atoms with Crippen molar-refractivity contribution in [3.63, 3.8) is 0 Å². The predicted molar refractivity (Wildman–Crippen MR) is 71.2 cm³/mol. The summed E-state index contributed by atoms with van der Waals surface area (Å²) in [7, 11) is -3.82. The summed E-state index contributed by atoms with van der Waals surface area (Å²) < 4.78 is 26.5. The van der Waals surface area contributed by atoms with E-state index in [9.17, 15) is 13.2 Å². The molecule has 0 bridgehead atoms. The van der Waals surface area contributed by atoms with Crippen LogP contribution in [0.1, 0.15) is 23.1 Å². The van der Waals surface area contributed by atoms with Crippen LogP contribution in [0.5, 0.6) is 0 Å². The number of carbonyl (C=O) groups is 1. The third-order valence-corrected chi connectivity index (χ3v) is 5.53. The van der Waals surface area contributed by atoms with E-state index < -0.39 is 21.7 Å². The highest BCUT2D eigenvalue weighted by Crippen LogP contribution is 2.23. The number of aryl methyl sites for hydroxylation is 1. The second-order valence-corrected chi connectivity index (χ2v) is 6.54. The second kappa shape index (κ2) is 5.51. The minimum absolute atomic E-state index is 0.227. The van der Waals surface area contributed by atoms with E-state index in [1.807, 2.05) is 6.92 Å². The standard InChI is InChI=1S/C11H18N4O4S/c1-3-14-4-6-15(7-5-14)20(18,19)10-8(2)12-13-9(10)11(16)17/h3-7H2,1-2H3,(H,12,13)(H,16,17). The van der Waals surface area contributed by atoms with Gasteiger partial charge in [-0.15, -0.1) is 0 Å². The monoisotopic (exact) mass is 302 g/mol. The van der Waals surface area contributed by atoms with Crippen molar-refractivity contribution in [3.8, 4) is 0 Å². The number of piperazine rings is 1. The van der Waals surface area contributed by atoms with Crippen molar-refractivity contribution in [3.05, 3.63) is 11.4 Å². The fourth-order valence-electron chi connectivity index (χ4n) is 2.29. The van der Waals surface area contributed by atoms with E-state index in [1.54, 1.807) is 0 Å². The number of rotatable bonds is 4. The molecular formula is C11H18N4O4S. The molecule has 2 rings (SSSR count). The number of H-pyrrole nitrogens is 1. The first kappa shape index (κ1) is 14.9. The maximum absolute atomic E-state index is 12.6. The Morgan fingerprint density at radius 2 is 1.95 bits per heavy atom. The smallest absolute Gasteiger partial charge is 0.357 e. The zero-order chi connectivity index (χ0) is 14.9. The van der Waals surface area contributed by atoms with Gasteiger partial charge in [-0.05, 0) is 13.5 Å². The van der Waals surface area contributed by atoms with Crippen molar-refractivity contribution >= 4 is 16.0 Å². The zero-order valence-corrected chi connectivity index (χ0v) is 12.3. The Hall–Kier alpha value is -1.45. The summed E-state index contributed by atoms with van der Waals surface area (Å²) in [5.74, 6) is -1.35. The fourth-order valence-corrected chi connectivity index (χ4v) is 4.01. The van der Waals surface area contributed by atoms with Gasteiger partial charge >= 0.3 is 5.97 Å². The Morgan fingerprint density at radius 1 is 1.35 bits per heavy atom. The molecule has 1 aromatic rings. The molecule has 112 valence electrons. The maximum atomic E-state index is 12.6. The van der Waals surface area contributed by atoms with Crippen LogP contribution in [0.3, 0.4) is 0 Å². The van der Waals surface area contributed by atoms with Gasteiger partial charge in [0.05, 0.1) is 5.69 Å². The van der Waals surface area contributed by atoms with Crippen LogP contribution in [0, 0.1) is 6.92 Å². The molecule has 1 aliphatic rings. The summed E-state index contributed by atoms with van der Waals surface area (Å²) in [6.45, 7) is 6.42. The third-order valence-electron chi connectivity index (χ3n) is 3.47. The quantitative estimate of drug-likeness (QED) is 0.794. The first-order valence-electron chi connectivity index (χ1n) is 6.38. The van der Waals surface area contributed by atoms with Crippen molar-refractivity contribution in [1.29, 1.82) is 0 Å². The van der Waals surface area contributed by atoms with Gasteiger partial charge in [0, 0.05) is 26.2 Å². The van der Waals surface area contributed by atoms with Crippen LogP contribution in [-0.4, -0.2) is 71.6 Å². The Balaban J connectivity index is 2.32. The number of nitrogens with zero attached hydrogens (tertiary/aromatic N) is 3. The molecule has 1 aromatic heterocycles. The van der Waals surface area contributed by atoms with Gasteiger partial charge in [-0.1, -0.05) is 6.92 Å². The van der Waals surface area contributed by atoms with Crippen LogP contribution in [-0.2, 0) is 10.0 Å². The molecular weight excluding hydrogens is 284 g/mol. The molecule has 2 N–H and O–H groups in total. The van der Waals surface area contributed by atoms with E-state index in [1.165, 1.54) is 11.2 Å². The highest BCUT2D eigenvalue weighted by molar-refractivity contribution is 7.89. The lowest BCUT2D eigenvalue weighted by Crippen LogP contribution is -2.48. The summed E-state index contributed by atoms with van der Waals surface area (Å²) in [5.41, 5.74) is -0.194. The summed E-state index contributed by atoms with van der Waals surface area (Å²) in [6.07, 6.45) is 0. The molecule has 20 heavy (non-hydrogen) atoms. The number of hydrogen-bond donors (Lipinski definition) is 2. The molecule has 9 heteroatoms. The van der Waals surface area contributed by atoms with Gasteiger partial charge in [-0.3, -0.25) is 5.10 Å². The molecule has 0 saturated carbocycles. The van der Waals surface area contributed by atoms with Gasteiger partial charge in [0.25, 0.3) is 0 Å². The highest BCUT2D eigenvalue weighted by atomic mass is 32.2. The van der Waals surface area contributed by atoms with Crippen LogP contribution in [0.4, 0.5) is 0 Å². The van der Waals surface area contributed by atoms with Crippen molar-refractivity contribution in [2.24, 2.45) is 0 Å². The Morgan fingerprint density at radius 3 is 2.45 bits per heavy atom. The Kier molecular flexibility index (Phi) is 4.11. The molecule has 0 radical (unpaired) electrons. The number of carboxylic acids is 1. The van der Waals surface area contributed by atoms with E-state index in [-0.39, 0.29) is 10.6 Å². The van der Waals surface area contributed by atoms with Gasteiger partial charge in [0.2, 0.25) is 10.0 Å². The number of likely N-dealkylation sites (N-methyl/N-ethyl adjacent to an activating group) is 1. The minimum Gasteiger partial charge on any atom is -0.476 e. The van der Waals surface area contributed by atoms with Crippen LogP contribution >= 0.6 is 0 Å². The first-order chi connectivity index (χ1) is 9.37. The molecule has 0 amide bonds. The van der Waals surface area contributed by atoms with Gasteiger partial charge < -0.3 is 10.0 Å². The number of nitrogens with one attached hydrogen (secondary N) is 1. The Labute approximate surface area is 117 Å². The molecule has 8 nitrogen and oxygen atoms in total. The highest BCUT2D eigenvalue weighted by Gasteiger charge is 2.34. The molecule has 0 atom stereocenters. The number of sulfonamides is 1. The van der Waals surface area contributed by atoms with Crippen LogP contribution < -0.4 is 0 Å². The lowest BCUT2D eigenvalue weighted by molar-refractivity contribution is 0.0686. The maximum Gasteiger partial charge on any atom is 0.357 e. The normalized spacial score (nSPS) is 18.3. The predicted octanol–water partition coefficient (Wildman–Crippen LogP) is -0.257. The number of aromatic amines is 1. The molecule has 0 aliphatic carbocycles. The fraction of sp³-hybridized carbons (Fsp3) is 0.636. The first-order valence-corrected chi connectivity index (χ1v) is 7.82. The average Bonchev–Trinajstić information content (AvgIpc) is 2.81. The van der Waals surface area contributed by atoms with Crippen molar-refractivity contribution < 1.29 is 18.3 Å². The summed E-state index contributed by atoms with van der Waals surface area (Å²) in [6, 6.07) is 0. The van der Waals surface area contributed by atoms with E-state index >= 15 is 0 Å². The molecule has 1 aliphatic heterocycles. The molecule has 0 aromatic carbocycles. The molecule has 2 heterocycles. The Bertz CT molecular complexity index is 602. The van der Waals surface area contributed by atoms with Gasteiger partial charge in [0.1, 0.15) is 4.90 Å². The van der Waals surface area contributed by atoms with E-state index in [2.05, 4.69) is 15.1 Å². The van der Waals surface area contributed by atoms with E-state index in [0.29, 0.717) is 26.2 Å². The SMILES string of the molecule is CCN1CCN(S(=O)(=O)c2c(C(=O)O)n[nH]c2C)CC1. The number of aromatic carboxylic acids is 1. The lowest BCUT2D eigenvalue weighted by atomic mass is 10.4. The third kappa shape index (κ3) is 2.56. The number of hydrogen-bond acceptors (Lipinski definition) is 5. The van der Waals surface area contributed by atoms with Crippen LogP contribution in [0.2, 0.25) is 0 Å². The number of carboxylic acid groups (broad SMARTS) is 1. The van der Waals surface area contributed by atoms with Crippen LogP contribution in [0.25, 0.3) is 0 Å². The topological polar surface area (TPSA) is 107 Å². The van der Waals surface area contributed by atoms with Gasteiger partial charge in [0.15, 0.2) is 5.69 Å². The van der Waals surface area contributed by atoms with Crippen LogP contribution in [0.15, 0.2) is 4.90 Å². The van der Waals surface area contributed by atoms with Gasteiger partial charge in [-0.2, -0.15) is 9.40 Å². The summed E-state index contributed by atoms with van der Waals surface area (Å²) in [4.78, 5) is 13.0. The lowest BCUT2D eigenvalue weighted by Gasteiger charge is -2.33. The van der Waals surface area contributed by atoms with Crippen molar-refractivity contribution in [1.82, 2.24) is 19.4 Å². The number of aromatic nitrogens is 2. The largest absolute Gasteiger partial charge is 0.476 e. The summed E-state index contributed by atoms with van der Waals surface area (Å²) >= 11 is 0. The molecule has 1 saturated heterocycles. The minimum atomic E-state index is -3.82. The second-order valence-electron chi connectivity index (χ2n) is 4.67. The van der Waals surface area contributed by atoms with Crippen molar-refractivity contribution in [2.75, 3.05) is 32.7 Å². The van der Waals surface area contributed by atoms with E-state index in [4.69, 9.17) is 5.11 Å². The van der Waals surface area contributed by atoms with E-state index in [0.717, 1.165) is 6.54 Å². The molecule has 0 spiro atoms. The molecule has 0 unspecified atom stereocenters. The van der Waals surface area contributed by atoms with Gasteiger partial charge in [-0.25, -0.2) is 13.2 Å². The summed E-state index contributed by atoms with van der Waals surface area (Å²) in [5, 5.41) is 15.1. The zero-order valence-electron chi connectivity index (χ0n) is 11.5.